The van der Waals surface area contributed by atoms with Crippen LogP contribution in [-0.2, 0) is 10.0 Å². The first-order chi connectivity index (χ1) is 15.7. The Morgan fingerprint density at radius 2 is 1.67 bits per heavy atom. The lowest BCUT2D eigenvalue weighted by Gasteiger charge is -2.38. The molecule has 0 N–H and O–H groups in total. The lowest BCUT2D eigenvalue weighted by atomic mass is 10.0. The Bertz CT molecular complexity index is 1120. The predicted octanol–water partition coefficient (Wildman–Crippen LogP) is 2.83. The highest BCUT2D eigenvalue weighted by Crippen LogP contribution is 2.31. The molecule has 2 aromatic rings. The van der Waals surface area contributed by atoms with Crippen molar-refractivity contribution in [1.82, 2.24) is 9.80 Å². The van der Waals surface area contributed by atoms with Crippen molar-refractivity contribution in [1.29, 1.82) is 5.26 Å². The van der Waals surface area contributed by atoms with E-state index in [0.717, 1.165) is 0 Å². The Morgan fingerprint density at radius 3 is 2.21 bits per heavy atom. The quantitative estimate of drug-likeness (QED) is 0.618. The molecule has 0 spiro atoms. The second kappa shape index (κ2) is 10.2. The molecule has 1 unspecified atom stereocenters. The Labute approximate surface area is 196 Å². The van der Waals surface area contributed by atoms with Crippen LogP contribution in [0.25, 0.3) is 0 Å². The van der Waals surface area contributed by atoms with Crippen molar-refractivity contribution in [3.63, 3.8) is 0 Å². The van der Waals surface area contributed by atoms with Crippen molar-refractivity contribution < 1.29 is 17.9 Å². The summed E-state index contributed by atoms with van der Waals surface area (Å²) in [6.07, 6.45) is 0. The molecule has 0 aliphatic carbocycles. The predicted molar refractivity (Wildman–Crippen MR) is 127 cm³/mol. The van der Waals surface area contributed by atoms with E-state index in [1.807, 2.05) is 13.8 Å². The number of nitrogens with zero attached hydrogens (tertiary/aromatic N) is 4. The monoisotopic (exact) mass is 470 g/mol. The van der Waals surface area contributed by atoms with Crippen LogP contribution in [0, 0.1) is 17.2 Å². The van der Waals surface area contributed by atoms with Crippen LogP contribution in [0.5, 0.6) is 5.75 Å². The van der Waals surface area contributed by atoms with E-state index < -0.39 is 10.0 Å². The topological polar surface area (TPSA) is 93.9 Å². The Kier molecular flexibility index (Phi) is 7.61. The van der Waals surface area contributed by atoms with Crippen LogP contribution in [-0.4, -0.2) is 70.5 Å². The number of anilines is 1. The smallest absolute Gasteiger partial charge is 0.264 e. The average Bonchev–Trinajstić information content (AvgIpc) is 2.83. The second-order valence-electron chi connectivity index (χ2n) is 8.31. The molecule has 1 saturated heterocycles. The van der Waals surface area contributed by atoms with Gasteiger partial charge in [-0.2, -0.15) is 5.26 Å². The molecule has 1 heterocycles. The number of piperazine rings is 1. The van der Waals surface area contributed by atoms with Crippen LogP contribution in [0.4, 0.5) is 5.69 Å². The number of carbonyl (C=O) groups is 1. The molecule has 2 aromatic carbocycles. The van der Waals surface area contributed by atoms with Gasteiger partial charge in [-0.15, -0.1) is 0 Å². The molecule has 0 bridgehead atoms. The molecule has 0 radical (unpaired) electrons. The highest BCUT2D eigenvalue weighted by molar-refractivity contribution is 7.92. The molecule has 176 valence electrons. The molecule has 0 saturated carbocycles. The molecule has 1 aliphatic heterocycles. The lowest BCUT2D eigenvalue weighted by molar-refractivity contribution is 0.0576. The summed E-state index contributed by atoms with van der Waals surface area (Å²) >= 11 is 0. The number of nitriles is 1. The average molecular weight is 471 g/mol. The van der Waals surface area contributed by atoms with Crippen LogP contribution in [0.15, 0.2) is 53.4 Å². The van der Waals surface area contributed by atoms with Gasteiger partial charge in [0.25, 0.3) is 15.9 Å². The summed E-state index contributed by atoms with van der Waals surface area (Å²) in [7, 11) is -0.870. The first-order valence-electron chi connectivity index (χ1n) is 10.9. The zero-order valence-corrected chi connectivity index (χ0v) is 20.2. The number of amides is 1. The van der Waals surface area contributed by atoms with E-state index in [4.69, 9.17) is 4.74 Å². The molecule has 1 aliphatic rings. The van der Waals surface area contributed by atoms with Gasteiger partial charge in [0.05, 0.1) is 23.8 Å². The van der Waals surface area contributed by atoms with Crippen LogP contribution >= 0.6 is 0 Å². The Balaban J connectivity index is 1.71. The number of rotatable bonds is 7. The van der Waals surface area contributed by atoms with Crippen molar-refractivity contribution in [2.75, 3.05) is 44.6 Å². The number of hydrogen-bond acceptors (Lipinski definition) is 6. The van der Waals surface area contributed by atoms with Gasteiger partial charge in [-0.3, -0.25) is 14.0 Å². The fourth-order valence-electron chi connectivity index (χ4n) is 3.99. The van der Waals surface area contributed by atoms with E-state index in [-0.39, 0.29) is 22.8 Å². The minimum Gasteiger partial charge on any atom is -0.495 e. The summed E-state index contributed by atoms with van der Waals surface area (Å²) in [5.41, 5.74) is 0.859. The van der Waals surface area contributed by atoms with Gasteiger partial charge >= 0.3 is 0 Å². The molecule has 9 heteroatoms. The van der Waals surface area contributed by atoms with Crippen molar-refractivity contribution in [2.45, 2.75) is 24.8 Å². The summed E-state index contributed by atoms with van der Waals surface area (Å²) in [5, 5.41) is 9.40. The number of sulfonamides is 1. The maximum absolute atomic E-state index is 13.1. The van der Waals surface area contributed by atoms with Gasteiger partial charge < -0.3 is 9.64 Å². The summed E-state index contributed by atoms with van der Waals surface area (Å²) < 4.78 is 32.7. The van der Waals surface area contributed by atoms with Gasteiger partial charge in [0.1, 0.15) is 11.8 Å². The maximum Gasteiger partial charge on any atom is 0.264 e. The zero-order chi connectivity index (χ0) is 24.2. The molecular formula is C24H30N4O4S. The minimum absolute atomic E-state index is 0.0890. The van der Waals surface area contributed by atoms with Gasteiger partial charge in [0.15, 0.2) is 0 Å². The molecule has 1 amide bonds. The largest absolute Gasteiger partial charge is 0.495 e. The fourth-order valence-corrected chi connectivity index (χ4v) is 5.19. The van der Waals surface area contributed by atoms with Crippen molar-refractivity contribution in [3.8, 4) is 11.8 Å². The molecule has 3 rings (SSSR count). The summed E-state index contributed by atoms with van der Waals surface area (Å²) in [5.74, 6) is 0.529. The molecule has 8 nitrogen and oxygen atoms in total. The molecule has 1 fully saturated rings. The van der Waals surface area contributed by atoms with Crippen LogP contribution < -0.4 is 9.04 Å². The van der Waals surface area contributed by atoms with Crippen molar-refractivity contribution in [3.05, 3.63) is 54.1 Å². The number of hydrogen-bond donors (Lipinski definition) is 0. The third kappa shape index (κ3) is 5.13. The zero-order valence-electron chi connectivity index (χ0n) is 19.4. The molecular weight excluding hydrogens is 440 g/mol. The first-order valence-corrected chi connectivity index (χ1v) is 12.3. The molecule has 33 heavy (non-hydrogen) atoms. The maximum atomic E-state index is 13.1. The van der Waals surface area contributed by atoms with Crippen LogP contribution in [0.3, 0.4) is 0 Å². The van der Waals surface area contributed by atoms with E-state index in [2.05, 4.69) is 11.0 Å². The van der Waals surface area contributed by atoms with Crippen molar-refractivity contribution >= 4 is 21.6 Å². The van der Waals surface area contributed by atoms with Gasteiger partial charge in [-0.05, 0) is 42.3 Å². The van der Waals surface area contributed by atoms with E-state index in [9.17, 15) is 18.5 Å². The van der Waals surface area contributed by atoms with Crippen LogP contribution in [0.2, 0.25) is 0 Å². The highest BCUT2D eigenvalue weighted by atomic mass is 32.2. The number of benzene rings is 2. The third-order valence-corrected chi connectivity index (χ3v) is 7.73. The van der Waals surface area contributed by atoms with Gasteiger partial charge in [0.2, 0.25) is 0 Å². The van der Waals surface area contributed by atoms with E-state index >= 15 is 0 Å². The number of carbonyl (C=O) groups excluding carboxylic acids is 1. The lowest BCUT2D eigenvalue weighted by Crippen LogP contribution is -2.52. The van der Waals surface area contributed by atoms with Gasteiger partial charge in [-0.25, -0.2) is 8.42 Å². The van der Waals surface area contributed by atoms with Crippen LogP contribution in [0.1, 0.15) is 24.2 Å². The Morgan fingerprint density at radius 1 is 1.06 bits per heavy atom. The first kappa shape index (κ1) is 24.6. The van der Waals surface area contributed by atoms with E-state index in [0.29, 0.717) is 43.2 Å². The van der Waals surface area contributed by atoms with E-state index in [1.54, 1.807) is 41.3 Å². The van der Waals surface area contributed by atoms with E-state index in [1.165, 1.54) is 30.6 Å². The number of methoxy groups -OCH3 is 1. The number of ether oxygens (including phenoxy) is 1. The number of para-hydroxylation sites is 2. The highest BCUT2D eigenvalue weighted by Gasteiger charge is 2.29. The summed E-state index contributed by atoms with van der Waals surface area (Å²) in [4.78, 5) is 16.9. The third-order valence-electron chi connectivity index (χ3n) is 5.94. The molecule has 0 aromatic heterocycles. The van der Waals surface area contributed by atoms with Gasteiger partial charge in [-0.1, -0.05) is 26.0 Å². The fraction of sp³-hybridized carbons (Fsp3) is 0.417. The van der Waals surface area contributed by atoms with Gasteiger partial charge in [0, 0.05) is 38.8 Å². The summed E-state index contributed by atoms with van der Waals surface area (Å²) in [6.45, 7) is 6.37. The second-order valence-corrected chi connectivity index (χ2v) is 10.3. The standard InChI is InChI=1S/C24H30N4O4S/c1-18(2)22(17-25)27-13-15-28(16-14-27)24(29)19-9-11-20(12-10-19)33(30,31)26(3)21-7-5-6-8-23(21)32-4/h5-12,18,22H,13-16H2,1-4H3. The van der Waals surface area contributed by atoms with Crippen molar-refractivity contribution in [2.24, 2.45) is 5.92 Å². The normalized spacial score (nSPS) is 15.7. The summed E-state index contributed by atoms with van der Waals surface area (Å²) in [6, 6.07) is 15.1. The molecule has 1 atom stereocenters. The SMILES string of the molecule is COc1ccccc1N(C)S(=O)(=O)c1ccc(C(=O)N2CCN(C(C#N)C(C)C)CC2)cc1. The Hall–Kier alpha value is -3.09. The minimum atomic E-state index is -3.83.